The van der Waals surface area contributed by atoms with Gasteiger partial charge in [-0.15, -0.1) is 0 Å². The van der Waals surface area contributed by atoms with Crippen molar-refractivity contribution in [3.05, 3.63) is 47.3 Å². The van der Waals surface area contributed by atoms with Gasteiger partial charge in [0.05, 0.1) is 25.4 Å². The van der Waals surface area contributed by atoms with E-state index in [0.29, 0.717) is 25.4 Å². The highest BCUT2D eigenvalue weighted by atomic mass is 16.5. The number of benzene rings is 1. The van der Waals surface area contributed by atoms with Crippen LogP contribution in [0.5, 0.6) is 5.75 Å². The van der Waals surface area contributed by atoms with Crippen molar-refractivity contribution in [2.75, 3.05) is 6.61 Å². The minimum atomic E-state index is -1.07. The molecule has 1 aliphatic carbocycles. The number of nitrogens with zero attached hydrogens (tertiary/aromatic N) is 3. The largest absolute Gasteiger partial charge is 0.494 e. The van der Waals surface area contributed by atoms with Gasteiger partial charge in [-0.1, -0.05) is 64.7 Å². The molecule has 2 aliphatic rings. The molecule has 1 saturated carbocycles. The fraction of sp³-hybridized carbons (Fsp3) is 0.607. The number of aromatic nitrogens is 2. The van der Waals surface area contributed by atoms with Crippen LogP contribution in [-0.2, 0) is 23.3 Å². The summed E-state index contributed by atoms with van der Waals surface area (Å²) in [6.45, 7) is 11.2. The van der Waals surface area contributed by atoms with Crippen molar-refractivity contribution in [1.29, 1.82) is 0 Å². The second kappa shape index (κ2) is 10.0. The average Bonchev–Trinajstić information content (AvgIpc) is 3.08. The van der Waals surface area contributed by atoms with Gasteiger partial charge in [-0.2, -0.15) is 5.10 Å². The number of para-hydroxylation sites is 1. The molecule has 2 heterocycles. The van der Waals surface area contributed by atoms with Crippen molar-refractivity contribution in [3.8, 4) is 5.75 Å². The van der Waals surface area contributed by atoms with Crippen molar-refractivity contribution < 1.29 is 14.3 Å². The number of hydrogen-bond acceptors (Lipinski definition) is 4. The van der Waals surface area contributed by atoms with E-state index in [4.69, 9.17) is 9.84 Å². The number of amides is 2. The molecule has 0 spiro atoms. The first-order valence-electron chi connectivity index (χ1n) is 13.1. The smallest absolute Gasteiger partial charge is 0.273 e. The number of carbonyl (C=O) groups is 2. The Hall–Kier alpha value is -2.83. The summed E-state index contributed by atoms with van der Waals surface area (Å²) in [5.74, 6) is 0.456. The number of hydrogen-bond donors (Lipinski definition) is 1. The van der Waals surface area contributed by atoms with Crippen LogP contribution in [-0.4, -0.2) is 44.7 Å². The Morgan fingerprint density at radius 3 is 2.51 bits per heavy atom. The average molecular weight is 481 g/mol. The van der Waals surface area contributed by atoms with Crippen LogP contribution >= 0.6 is 0 Å². The van der Waals surface area contributed by atoms with Crippen LogP contribution < -0.4 is 10.1 Å². The van der Waals surface area contributed by atoms with Crippen LogP contribution in [0, 0.1) is 0 Å². The molecule has 7 heteroatoms. The lowest BCUT2D eigenvalue weighted by molar-refractivity contribution is -0.134. The lowest BCUT2D eigenvalue weighted by Crippen LogP contribution is -2.64. The lowest BCUT2D eigenvalue weighted by Gasteiger charge is -2.44. The summed E-state index contributed by atoms with van der Waals surface area (Å²) in [6, 6.07) is 9.78. The molecule has 0 saturated heterocycles. The molecular formula is C28H40N4O3. The Balaban J connectivity index is 1.71. The number of nitrogens with one attached hydrogen (secondary N) is 1. The normalized spacial score (nSPS) is 21.4. The van der Waals surface area contributed by atoms with E-state index in [9.17, 15) is 9.59 Å². The summed E-state index contributed by atoms with van der Waals surface area (Å²) in [6.07, 6.45) is 6.67. The van der Waals surface area contributed by atoms with E-state index in [2.05, 4.69) is 26.1 Å². The fourth-order valence-electron chi connectivity index (χ4n) is 5.12. The van der Waals surface area contributed by atoms with Crippen LogP contribution in [0.15, 0.2) is 30.3 Å². The van der Waals surface area contributed by atoms with Gasteiger partial charge in [-0.3, -0.25) is 14.3 Å². The van der Waals surface area contributed by atoms with E-state index >= 15 is 0 Å². The van der Waals surface area contributed by atoms with Gasteiger partial charge in [0.2, 0.25) is 5.91 Å². The summed E-state index contributed by atoms with van der Waals surface area (Å²) in [5.41, 5.74) is 1.00. The molecule has 1 aromatic heterocycles. The number of ether oxygens (including phenoxy) is 1. The molecule has 0 radical (unpaired) electrons. The molecule has 2 aromatic rings. The molecule has 7 nitrogen and oxygen atoms in total. The third-order valence-corrected chi connectivity index (χ3v) is 7.35. The summed E-state index contributed by atoms with van der Waals surface area (Å²) >= 11 is 0. The first-order chi connectivity index (χ1) is 16.6. The van der Waals surface area contributed by atoms with Gasteiger partial charge in [-0.05, 0) is 38.8 Å². The van der Waals surface area contributed by atoms with Gasteiger partial charge >= 0.3 is 0 Å². The maximum atomic E-state index is 13.9. The van der Waals surface area contributed by atoms with Gasteiger partial charge in [-0.25, -0.2) is 0 Å². The number of rotatable bonds is 6. The van der Waals surface area contributed by atoms with Gasteiger partial charge in [0.15, 0.2) is 0 Å². The summed E-state index contributed by atoms with van der Waals surface area (Å²) < 4.78 is 7.58. The second-order valence-electron chi connectivity index (χ2n) is 11.2. The maximum absolute atomic E-state index is 13.9. The van der Waals surface area contributed by atoms with E-state index in [1.807, 2.05) is 44.2 Å². The predicted molar refractivity (Wildman–Crippen MR) is 136 cm³/mol. The Morgan fingerprint density at radius 2 is 1.86 bits per heavy atom. The number of carbonyl (C=O) groups excluding carboxylic acids is 2. The van der Waals surface area contributed by atoms with E-state index in [0.717, 1.165) is 42.7 Å². The van der Waals surface area contributed by atoms with Gasteiger partial charge in [0.1, 0.15) is 17.0 Å². The van der Waals surface area contributed by atoms with E-state index in [1.165, 1.54) is 12.8 Å². The van der Waals surface area contributed by atoms with Gasteiger partial charge in [0, 0.05) is 17.0 Å². The van der Waals surface area contributed by atoms with Crippen LogP contribution in [0.4, 0.5) is 0 Å². The highest BCUT2D eigenvalue weighted by Gasteiger charge is 2.49. The molecule has 4 rings (SSSR count). The zero-order valence-corrected chi connectivity index (χ0v) is 21.9. The SMILES string of the molecule is CCOc1ccccc1CN1C(=O)c2cc(C(C)(C)C)nn2CC1(C)C(=O)NC1CCCCCC1. The van der Waals surface area contributed by atoms with E-state index in [-0.39, 0.29) is 23.3 Å². The van der Waals surface area contributed by atoms with Crippen molar-refractivity contribution in [3.63, 3.8) is 0 Å². The zero-order chi connectivity index (χ0) is 25.2. The molecule has 1 atom stereocenters. The molecular weight excluding hydrogens is 440 g/mol. The lowest BCUT2D eigenvalue weighted by atomic mass is 9.91. The molecule has 0 bridgehead atoms. The molecule has 1 aliphatic heterocycles. The van der Waals surface area contributed by atoms with Crippen molar-refractivity contribution >= 4 is 11.8 Å². The monoisotopic (exact) mass is 480 g/mol. The second-order valence-corrected chi connectivity index (χ2v) is 11.2. The van der Waals surface area contributed by atoms with Gasteiger partial charge in [0.25, 0.3) is 5.91 Å². The minimum Gasteiger partial charge on any atom is -0.494 e. The van der Waals surface area contributed by atoms with Crippen LogP contribution in [0.2, 0.25) is 0 Å². The van der Waals surface area contributed by atoms with Crippen LogP contribution in [0.1, 0.15) is 94.9 Å². The third kappa shape index (κ3) is 5.24. The summed E-state index contributed by atoms with van der Waals surface area (Å²) in [7, 11) is 0. The van der Waals surface area contributed by atoms with Gasteiger partial charge < -0.3 is 15.0 Å². The third-order valence-electron chi connectivity index (χ3n) is 7.35. The zero-order valence-electron chi connectivity index (χ0n) is 21.9. The first kappa shape index (κ1) is 25.3. The van der Waals surface area contributed by atoms with E-state index in [1.54, 1.807) is 9.58 Å². The Morgan fingerprint density at radius 1 is 1.17 bits per heavy atom. The topological polar surface area (TPSA) is 76.5 Å². The van der Waals surface area contributed by atoms with Crippen LogP contribution in [0.3, 0.4) is 0 Å². The van der Waals surface area contributed by atoms with Crippen LogP contribution in [0.25, 0.3) is 0 Å². The predicted octanol–water partition coefficient (Wildman–Crippen LogP) is 4.83. The highest BCUT2D eigenvalue weighted by molar-refractivity contribution is 5.99. The number of fused-ring (bicyclic) bond motifs is 1. The van der Waals surface area contributed by atoms with E-state index < -0.39 is 5.54 Å². The fourth-order valence-corrected chi connectivity index (χ4v) is 5.12. The molecule has 1 unspecified atom stereocenters. The molecule has 2 amide bonds. The molecule has 190 valence electrons. The first-order valence-corrected chi connectivity index (χ1v) is 13.1. The molecule has 1 fully saturated rings. The summed E-state index contributed by atoms with van der Waals surface area (Å²) in [4.78, 5) is 29.6. The standard InChI is InChI=1S/C28H40N4O3/c1-6-35-23-16-12-11-13-20(23)18-31-25(33)22-17-24(27(2,3)4)30-32(22)19-28(31,5)26(34)29-21-14-9-7-8-10-15-21/h11-13,16-17,21H,6-10,14-15,18-19H2,1-5H3,(H,29,34). The highest BCUT2D eigenvalue weighted by Crippen LogP contribution is 2.33. The van der Waals surface area contributed by atoms with Crippen molar-refractivity contribution in [2.24, 2.45) is 0 Å². The molecule has 35 heavy (non-hydrogen) atoms. The van der Waals surface area contributed by atoms with Crippen molar-refractivity contribution in [1.82, 2.24) is 20.0 Å². The summed E-state index contributed by atoms with van der Waals surface area (Å²) in [5, 5.41) is 8.07. The molecule has 1 aromatic carbocycles. The Labute approximate surface area is 209 Å². The Bertz CT molecular complexity index is 1060. The quantitative estimate of drug-likeness (QED) is 0.601. The minimum absolute atomic E-state index is 0.106. The van der Waals surface area contributed by atoms with Crippen molar-refractivity contribution in [2.45, 2.75) is 103 Å². The molecule has 1 N–H and O–H groups in total. The Kier molecular flexibility index (Phi) is 7.25. The maximum Gasteiger partial charge on any atom is 0.273 e.